The molecule has 6 heteroatoms. The lowest BCUT2D eigenvalue weighted by Crippen LogP contribution is -2.00. The second-order valence-electron chi connectivity index (χ2n) is 5.80. The molecule has 130 valence electrons. The molecule has 0 atom stereocenters. The molecule has 0 aliphatic rings. The van der Waals surface area contributed by atoms with E-state index in [1.54, 1.807) is 18.2 Å². The molecule has 0 fully saturated rings. The van der Waals surface area contributed by atoms with Crippen molar-refractivity contribution in [3.8, 4) is 17.2 Å². The van der Waals surface area contributed by atoms with Crippen LogP contribution in [0.2, 0.25) is 5.02 Å². The van der Waals surface area contributed by atoms with Crippen LogP contribution in [0, 0.1) is 5.82 Å². The Kier molecular flexibility index (Phi) is 4.22. The number of fused-ring (bicyclic) bond motifs is 1. The van der Waals surface area contributed by atoms with Crippen LogP contribution in [0.1, 0.15) is 5.56 Å². The number of hydrogen-bond acceptors (Lipinski definition) is 3. The van der Waals surface area contributed by atoms with E-state index in [9.17, 15) is 9.50 Å². The van der Waals surface area contributed by atoms with Crippen molar-refractivity contribution in [2.45, 2.75) is 6.61 Å². The van der Waals surface area contributed by atoms with Crippen LogP contribution in [0.4, 0.5) is 4.39 Å². The molecule has 0 unspecified atom stereocenters. The minimum absolute atomic E-state index is 0.0297. The van der Waals surface area contributed by atoms with Crippen molar-refractivity contribution in [3.05, 3.63) is 83.3 Å². The first-order valence-electron chi connectivity index (χ1n) is 7.95. The normalized spacial score (nSPS) is 11.0. The Morgan fingerprint density at radius 2 is 1.88 bits per heavy atom. The summed E-state index contributed by atoms with van der Waals surface area (Å²) in [5.74, 6) is -0.301. The SMILES string of the molecule is Oc1cc(Cl)cc2c1cnn2-c1ccc(OCc2ccccc2)c(F)c1. The van der Waals surface area contributed by atoms with Gasteiger partial charge in [0.2, 0.25) is 0 Å². The van der Waals surface area contributed by atoms with Gasteiger partial charge in [-0.15, -0.1) is 0 Å². The van der Waals surface area contributed by atoms with Crippen LogP contribution in [0.5, 0.6) is 11.5 Å². The van der Waals surface area contributed by atoms with E-state index in [4.69, 9.17) is 16.3 Å². The van der Waals surface area contributed by atoms with Gasteiger partial charge in [0.25, 0.3) is 0 Å². The second kappa shape index (κ2) is 6.69. The predicted molar refractivity (Wildman–Crippen MR) is 98.5 cm³/mol. The van der Waals surface area contributed by atoms with Gasteiger partial charge in [-0.1, -0.05) is 41.9 Å². The summed E-state index contributed by atoms with van der Waals surface area (Å²) in [4.78, 5) is 0. The number of phenolic OH excluding ortho intramolecular Hbond substituents is 1. The van der Waals surface area contributed by atoms with E-state index >= 15 is 0 Å². The van der Waals surface area contributed by atoms with E-state index < -0.39 is 5.82 Å². The van der Waals surface area contributed by atoms with Gasteiger partial charge in [0.15, 0.2) is 11.6 Å². The molecule has 0 aliphatic carbocycles. The Balaban J connectivity index is 1.64. The summed E-state index contributed by atoms with van der Waals surface area (Å²) in [6.45, 7) is 0.283. The Bertz CT molecular complexity index is 1080. The zero-order valence-corrected chi connectivity index (χ0v) is 14.3. The molecule has 4 rings (SSSR count). The average Bonchev–Trinajstić information content (AvgIpc) is 3.05. The standard InChI is InChI=1S/C20H14ClFN2O2/c21-14-8-18-16(19(25)9-14)11-23-24(18)15-6-7-20(17(22)10-15)26-12-13-4-2-1-3-5-13/h1-11,25H,12H2. The molecular weight excluding hydrogens is 355 g/mol. The summed E-state index contributed by atoms with van der Waals surface area (Å²) in [5.41, 5.74) is 2.05. The van der Waals surface area contributed by atoms with E-state index in [1.165, 1.54) is 23.0 Å². The lowest BCUT2D eigenvalue weighted by molar-refractivity contribution is 0.290. The average molecular weight is 369 g/mol. The molecule has 0 amide bonds. The van der Waals surface area contributed by atoms with Gasteiger partial charge in [0.1, 0.15) is 12.4 Å². The van der Waals surface area contributed by atoms with E-state index in [0.717, 1.165) is 5.56 Å². The highest BCUT2D eigenvalue weighted by Gasteiger charge is 2.12. The smallest absolute Gasteiger partial charge is 0.167 e. The van der Waals surface area contributed by atoms with Crippen molar-refractivity contribution >= 4 is 22.5 Å². The van der Waals surface area contributed by atoms with Gasteiger partial charge in [0.05, 0.1) is 22.8 Å². The Labute approximate surface area is 154 Å². The summed E-state index contributed by atoms with van der Waals surface area (Å²) in [5, 5.41) is 15.1. The van der Waals surface area contributed by atoms with Crippen molar-refractivity contribution in [2.75, 3.05) is 0 Å². The number of ether oxygens (including phenoxy) is 1. The van der Waals surface area contributed by atoms with Crippen LogP contribution in [-0.4, -0.2) is 14.9 Å². The summed E-state index contributed by atoms with van der Waals surface area (Å²) >= 11 is 6.00. The molecule has 1 heterocycles. The zero-order valence-electron chi connectivity index (χ0n) is 13.6. The fraction of sp³-hybridized carbons (Fsp3) is 0.0500. The van der Waals surface area contributed by atoms with Gasteiger partial charge in [-0.05, 0) is 29.8 Å². The van der Waals surface area contributed by atoms with Gasteiger partial charge in [-0.25, -0.2) is 9.07 Å². The number of aromatic nitrogens is 2. The number of benzene rings is 3. The van der Waals surface area contributed by atoms with E-state index in [0.29, 0.717) is 21.6 Å². The Morgan fingerprint density at radius 3 is 2.65 bits per heavy atom. The van der Waals surface area contributed by atoms with Crippen LogP contribution in [-0.2, 0) is 6.61 Å². The lowest BCUT2D eigenvalue weighted by atomic mass is 10.2. The number of nitrogens with zero attached hydrogens (tertiary/aromatic N) is 2. The first kappa shape index (κ1) is 16.4. The monoisotopic (exact) mass is 368 g/mol. The maximum Gasteiger partial charge on any atom is 0.167 e. The van der Waals surface area contributed by atoms with Gasteiger partial charge in [-0.2, -0.15) is 5.10 Å². The van der Waals surface area contributed by atoms with Crippen LogP contribution < -0.4 is 4.74 Å². The van der Waals surface area contributed by atoms with Crippen LogP contribution >= 0.6 is 11.6 Å². The third-order valence-electron chi connectivity index (χ3n) is 4.03. The molecule has 0 saturated heterocycles. The molecule has 26 heavy (non-hydrogen) atoms. The topological polar surface area (TPSA) is 47.3 Å². The fourth-order valence-electron chi connectivity index (χ4n) is 2.75. The third-order valence-corrected chi connectivity index (χ3v) is 4.25. The maximum atomic E-state index is 14.5. The van der Waals surface area contributed by atoms with Crippen molar-refractivity contribution in [1.29, 1.82) is 0 Å². The second-order valence-corrected chi connectivity index (χ2v) is 6.24. The predicted octanol–water partition coefficient (Wildman–Crippen LogP) is 5.10. The van der Waals surface area contributed by atoms with Crippen LogP contribution in [0.15, 0.2) is 66.9 Å². The van der Waals surface area contributed by atoms with Crippen molar-refractivity contribution < 1.29 is 14.2 Å². The van der Waals surface area contributed by atoms with Crippen molar-refractivity contribution in [2.24, 2.45) is 0 Å². The van der Waals surface area contributed by atoms with E-state index in [1.807, 2.05) is 30.3 Å². The summed E-state index contributed by atoms with van der Waals surface area (Å²) in [7, 11) is 0. The molecule has 4 nitrogen and oxygen atoms in total. The summed E-state index contributed by atoms with van der Waals surface area (Å²) in [6.07, 6.45) is 1.51. The first-order chi connectivity index (χ1) is 12.6. The molecule has 0 spiro atoms. The largest absolute Gasteiger partial charge is 0.507 e. The van der Waals surface area contributed by atoms with Crippen LogP contribution in [0.3, 0.4) is 0 Å². The lowest BCUT2D eigenvalue weighted by Gasteiger charge is -2.10. The molecule has 0 radical (unpaired) electrons. The highest BCUT2D eigenvalue weighted by atomic mass is 35.5. The van der Waals surface area contributed by atoms with E-state index in [-0.39, 0.29) is 18.1 Å². The minimum atomic E-state index is -0.492. The quantitative estimate of drug-likeness (QED) is 0.545. The number of aromatic hydroxyl groups is 1. The van der Waals surface area contributed by atoms with Crippen LogP contribution in [0.25, 0.3) is 16.6 Å². The molecule has 1 N–H and O–H groups in total. The Hall–Kier alpha value is -3.05. The Morgan fingerprint density at radius 1 is 1.08 bits per heavy atom. The third kappa shape index (κ3) is 3.09. The zero-order chi connectivity index (χ0) is 18.1. The van der Waals surface area contributed by atoms with Gasteiger partial charge in [-0.3, -0.25) is 0 Å². The maximum absolute atomic E-state index is 14.5. The number of hydrogen-bond donors (Lipinski definition) is 1. The van der Waals surface area contributed by atoms with Crippen molar-refractivity contribution in [3.63, 3.8) is 0 Å². The molecule has 4 aromatic rings. The molecule has 0 saturated carbocycles. The number of rotatable bonds is 4. The van der Waals surface area contributed by atoms with Crippen molar-refractivity contribution in [1.82, 2.24) is 9.78 Å². The highest BCUT2D eigenvalue weighted by molar-refractivity contribution is 6.31. The fourth-order valence-corrected chi connectivity index (χ4v) is 2.96. The van der Waals surface area contributed by atoms with Gasteiger partial charge < -0.3 is 9.84 Å². The summed E-state index contributed by atoms with van der Waals surface area (Å²) in [6, 6.07) is 17.3. The first-order valence-corrected chi connectivity index (χ1v) is 8.32. The molecular formula is C20H14ClFN2O2. The van der Waals surface area contributed by atoms with Gasteiger partial charge in [0, 0.05) is 11.1 Å². The number of halogens is 2. The molecule has 3 aromatic carbocycles. The minimum Gasteiger partial charge on any atom is -0.507 e. The molecule has 1 aromatic heterocycles. The summed E-state index contributed by atoms with van der Waals surface area (Å²) < 4.78 is 21.5. The number of phenols is 1. The highest BCUT2D eigenvalue weighted by Crippen LogP contribution is 2.31. The van der Waals surface area contributed by atoms with E-state index in [2.05, 4.69) is 5.10 Å². The molecule has 0 bridgehead atoms. The molecule has 0 aliphatic heterocycles. The van der Waals surface area contributed by atoms with Gasteiger partial charge >= 0.3 is 0 Å².